The van der Waals surface area contributed by atoms with E-state index in [1.807, 2.05) is 30.3 Å². The van der Waals surface area contributed by atoms with Gasteiger partial charge in [0, 0.05) is 18.7 Å². The molecule has 3 aromatic rings. The molecule has 1 N–H and O–H groups in total. The maximum absolute atomic E-state index is 13.9. The Balaban J connectivity index is 1.74. The minimum atomic E-state index is -4.08. The molecule has 4 rings (SSSR count). The summed E-state index contributed by atoms with van der Waals surface area (Å²) in [5.41, 5.74) is 1.39. The summed E-state index contributed by atoms with van der Waals surface area (Å²) in [5.74, 6) is -0.221. The van der Waals surface area contributed by atoms with Gasteiger partial charge in [0.05, 0.1) is 30.8 Å². The summed E-state index contributed by atoms with van der Waals surface area (Å²) in [6.45, 7) is 0.745. The highest BCUT2D eigenvalue weighted by molar-refractivity contribution is 7.92. The van der Waals surface area contributed by atoms with Crippen molar-refractivity contribution in [2.75, 3.05) is 31.0 Å². The van der Waals surface area contributed by atoms with Crippen molar-refractivity contribution in [3.63, 3.8) is 0 Å². The lowest BCUT2D eigenvalue weighted by Crippen LogP contribution is -2.50. The van der Waals surface area contributed by atoms with Crippen molar-refractivity contribution in [1.29, 1.82) is 0 Å². The Kier molecular flexibility index (Phi) is 6.83. The number of hydrogen-bond acceptors (Lipinski definition) is 5. The maximum atomic E-state index is 13.9. The molecule has 1 aliphatic rings. The molecular weight excluding hydrogens is 454 g/mol. The highest BCUT2D eigenvalue weighted by Gasteiger charge is 2.29. The normalized spacial score (nSPS) is 13.8. The van der Waals surface area contributed by atoms with Crippen LogP contribution in [0.5, 0.6) is 5.75 Å². The first-order valence-corrected chi connectivity index (χ1v) is 12.2. The van der Waals surface area contributed by atoms with Gasteiger partial charge >= 0.3 is 0 Å². The second kappa shape index (κ2) is 9.96. The van der Waals surface area contributed by atoms with Gasteiger partial charge in [0.25, 0.3) is 15.9 Å². The molecule has 1 heterocycles. The van der Waals surface area contributed by atoms with Crippen LogP contribution in [-0.4, -0.2) is 51.9 Å². The minimum Gasteiger partial charge on any atom is -0.495 e. The molecule has 0 bridgehead atoms. The fourth-order valence-electron chi connectivity index (χ4n) is 3.80. The van der Waals surface area contributed by atoms with Crippen molar-refractivity contribution >= 4 is 27.5 Å². The second-order valence-corrected chi connectivity index (χ2v) is 9.64. The monoisotopic (exact) mass is 479 g/mol. The molecule has 176 valence electrons. The van der Waals surface area contributed by atoms with E-state index < -0.39 is 10.0 Å². The zero-order chi connectivity index (χ0) is 24.1. The average Bonchev–Trinajstić information content (AvgIpc) is 2.87. The second-order valence-electron chi connectivity index (χ2n) is 7.77. The number of hydrogen-bond donors (Lipinski definition) is 1. The number of methoxy groups -OCH3 is 1. The van der Waals surface area contributed by atoms with Gasteiger partial charge in [-0.3, -0.25) is 13.9 Å². The first kappa shape index (κ1) is 23.3. The summed E-state index contributed by atoms with van der Waals surface area (Å²) >= 11 is 0. The quantitative estimate of drug-likeness (QED) is 0.562. The van der Waals surface area contributed by atoms with Crippen molar-refractivity contribution in [3.8, 4) is 5.75 Å². The van der Waals surface area contributed by atoms with Crippen LogP contribution in [0.3, 0.4) is 0 Å². The largest absolute Gasteiger partial charge is 0.495 e. The highest BCUT2D eigenvalue weighted by atomic mass is 32.2. The molecule has 0 saturated carbocycles. The highest BCUT2D eigenvalue weighted by Crippen LogP contribution is 2.34. The minimum absolute atomic E-state index is 0.0263. The zero-order valence-electron chi connectivity index (χ0n) is 18.7. The molecule has 9 heteroatoms. The number of nitrogens with zero attached hydrogens (tertiary/aromatic N) is 2. The van der Waals surface area contributed by atoms with Gasteiger partial charge in [0.2, 0.25) is 5.91 Å². The molecule has 0 aliphatic carbocycles. The number of carbonyl (C=O) groups is 2. The standard InChI is InChI=1S/C25H25N3O5S/c1-33-23-13-6-5-12-22(23)28(17-19-8-3-2-4-9-19)34(31,32)21-11-7-10-20(16-21)25(30)27-15-14-26-24(29)18-27/h2-13,16H,14-15,17-18H2,1H3,(H,26,29). The molecule has 8 nitrogen and oxygen atoms in total. The number of anilines is 1. The van der Waals surface area contributed by atoms with E-state index in [4.69, 9.17) is 4.74 Å². The van der Waals surface area contributed by atoms with Crippen LogP contribution in [0, 0.1) is 0 Å². The number of rotatable bonds is 7. The van der Waals surface area contributed by atoms with E-state index in [0.29, 0.717) is 24.5 Å². The van der Waals surface area contributed by atoms with E-state index in [9.17, 15) is 18.0 Å². The van der Waals surface area contributed by atoms with Gasteiger partial charge in [0.15, 0.2) is 0 Å². The van der Waals surface area contributed by atoms with Gasteiger partial charge in [-0.15, -0.1) is 0 Å². The number of benzene rings is 3. The fourth-order valence-corrected chi connectivity index (χ4v) is 5.31. The molecule has 1 aliphatic heterocycles. The molecular formula is C25H25N3O5S. The lowest BCUT2D eigenvalue weighted by Gasteiger charge is -2.28. The van der Waals surface area contributed by atoms with Crippen LogP contribution in [-0.2, 0) is 21.4 Å². The van der Waals surface area contributed by atoms with E-state index in [-0.39, 0.29) is 35.4 Å². The molecule has 2 amide bonds. The molecule has 0 spiro atoms. The Hall–Kier alpha value is -3.85. The Morgan fingerprint density at radius 1 is 1.03 bits per heavy atom. The van der Waals surface area contributed by atoms with E-state index in [1.165, 1.54) is 34.5 Å². The predicted molar refractivity (Wildman–Crippen MR) is 128 cm³/mol. The molecule has 0 unspecified atom stereocenters. The van der Waals surface area contributed by atoms with Gasteiger partial charge < -0.3 is 15.0 Å². The lowest BCUT2D eigenvalue weighted by atomic mass is 10.2. The molecule has 0 radical (unpaired) electrons. The Morgan fingerprint density at radius 3 is 2.50 bits per heavy atom. The van der Waals surface area contributed by atoms with Crippen LogP contribution >= 0.6 is 0 Å². The van der Waals surface area contributed by atoms with Gasteiger partial charge in [-0.05, 0) is 35.9 Å². The Labute approximate surface area is 198 Å². The molecule has 3 aromatic carbocycles. The van der Waals surface area contributed by atoms with Gasteiger partial charge in [-0.25, -0.2) is 8.42 Å². The smallest absolute Gasteiger partial charge is 0.264 e. The Bertz CT molecular complexity index is 1290. The van der Waals surface area contributed by atoms with E-state index >= 15 is 0 Å². The number of nitrogens with one attached hydrogen (secondary N) is 1. The van der Waals surface area contributed by atoms with Crippen LogP contribution in [0.25, 0.3) is 0 Å². The van der Waals surface area contributed by atoms with Crippen LogP contribution in [0.15, 0.2) is 83.8 Å². The first-order valence-electron chi connectivity index (χ1n) is 10.8. The summed E-state index contributed by atoms with van der Waals surface area (Å²) in [6.07, 6.45) is 0. The summed E-state index contributed by atoms with van der Waals surface area (Å²) in [4.78, 5) is 26.1. The number of amides is 2. The summed E-state index contributed by atoms with van der Waals surface area (Å²) in [7, 11) is -2.59. The third kappa shape index (κ3) is 4.89. The molecule has 0 atom stereocenters. The summed E-state index contributed by atoms with van der Waals surface area (Å²) in [6, 6.07) is 22.0. The SMILES string of the molecule is COc1ccccc1N(Cc1ccccc1)S(=O)(=O)c1cccc(C(=O)N2CCNC(=O)C2)c1. The first-order chi connectivity index (χ1) is 16.4. The van der Waals surface area contributed by atoms with Crippen molar-refractivity contribution in [2.24, 2.45) is 0 Å². The number of piperazine rings is 1. The van der Waals surface area contributed by atoms with E-state index in [0.717, 1.165) is 5.56 Å². The third-order valence-corrected chi connectivity index (χ3v) is 7.27. The van der Waals surface area contributed by atoms with Crippen molar-refractivity contribution in [3.05, 3.63) is 90.0 Å². The number of para-hydroxylation sites is 2. The van der Waals surface area contributed by atoms with E-state index in [2.05, 4.69) is 5.32 Å². The molecule has 1 saturated heterocycles. The van der Waals surface area contributed by atoms with Crippen LogP contribution in [0.4, 0.5) is 5.69 Å². The van der Waals surface area contributed by atoms with Crippen molar-refractivity contribution < 1.29 is 22.7 Å². The fraction of sp³-hybridized carbons (Fsp3) is 0.200. The number of ether oxygens (including phenoxy) is 1. The topological polar surface area (TPSA) is 96.0 Å². The van der Waals surface area contributed by atoms with Gasteiger partial charge in [-0.1, -0.05) is 48.5 Å². The lowest BCUT2D eigenvalue weighted by molar-refractivity contribution is -0.123. The van der Waals surface area contributed by atoms with Crippen LogP contribution in [0.2, 0.25) is 0 Å². The maximum Gasteiger partial charge on any atom is 0.264 e. The number of sulfonamides is 1. The van der Waals surface area contributed by atoms with Crippen molar-refractivity contribution in [2.45, 2.75) is 11.4 Å². The van der Waals surface area contributed by atoms with Crippen LogP contribution in [0.1, 0.15) is 15.9 Å². The predicted octanol–water partition coefficient (Wildman–Crippen LogP) is 2.66. The van der Waals surface area contributed by atoms with Crippen molar-refractivity contribution in [1.82, 2.24) is 10.2 Å². The zero-order valence-corrected chi connectivity index (χ0v) is 19.5. The Morgan fingerprint density at radius 2 is 1.76 bits per heavy atom. The average molecular weight is 480 g/mol. The van der Waals surface area contributed by atoms with Crippen LogP contribution < -0.4 is 14.4 Å². The molecule has 0 aromatic heterocycles. The van der Waals surface area contributed by atoms with Gasteiger partial charge in [-0.2, -0.15) is 0 Å². The van der Waals surface area contributed by atoms with Gasteiger partial charge in [0.1, 0.15) is 5.75 Å². The number of carbonyl (C=O) groups excluding carboxylic acids is 2. The summed E-state index contributed by atoms with van der Waals surface area (Å²) in [5, 5.41) is 2.67. The van der Waals surface area contributed by atoms with E-state index in [1.54, 1.807) is 30.3 Å². The third-order valence-electron chi connectivity index (χ3n) is 5.52. The molecule has 34 heavy (non-hydrogen) atoms. The summed E-state index contributed by atoms with van der Waals surface area (Å²) < 4.78 is 34.5. The molecule has 1 fully saturated rings.